The van der Waals surface area contributed by atoms with E-state index in [0.29, 0.717) is 0 Å². The maximum atomic E-state index is 4.53. The Morgan fingerprint density at radius 3 is 2.53 bits per heavy atom. The fourth-order valence-corrected chi connectivity index (χ4v) is 2.84. The van der Waals surface area contributed by atoms with Crippen LogP contribution >= 0.6 is 35.5 Å². The first kappa shape index (κ1) is 16.4. The van der Waals surface area contributed by atoms with Crippen LogP contribution in [0.5, 0.6) is 0 Å². The minimum atomic E-state index is 0. The molecule has 1 N–H and O–H groups in total. The highest BCUT2D eigenvalue weighted by Gasteiger charge is 2.21. The Morgan fingerprint density at radius 1 is 1.37 bits per heavy atom. The molecule has 0 aliphatic carbocycles. The quantitative estimate of drug-likeness (QED) is 0.460. The number of aromatic nitrogens is 2. The smallest absolute Gasteiger partial charge is 0.205 e. The third-order valence-electron chi connectivity index (χ3n) is 3.06. The fraction of sp³-hybridized carbons (Fsp3) is 0.727. The summed E-state index contributed by atoms with van der Waals surface area (Å²) in [7, 11) is 3.73. The summed E-state index contributed by atoms with van der Waals surface area (Å²) in [4.78, 5) is 13.3. The summed E-state index contributed by atoms with van der Waals surface area (Å²) in [6.07, 6.45) is 0.906. The minimum Gasteiger partial charge on any atom is -0.359 e. The summed E-state index contributed by atoms with van der Waals surface area (Å²) >= 11 is 1.50. The second-order valence-corrected chi connectivity index (χ2v) is 4.85. The van der Waals surface area contributed by atoms with Gasteiger partial charge in [0.05, 0.1) is 0 Å². The van der Waals surface area contributed by atoms with Crippen LogP contribution in [0.25, 0.3) is 0 Å². The van der Waals surface area contributed by atoms with Crippen molar-refractivity contribution in [3.05, 3.63) is 5.82 Å². The molecule has 8 heteroatoms. The number of aryl methyl sites for hydroxylation is 1. The molecule has 1 aromatic heterocycles. The summed E-state index contributed by atoms with van der Waals surface area (Å²) in [6, 6.07) is 0. The predicted octanol–water partition coefficient (Wildman–Crippen LogP) is 1.05. The van der Waals surface area contributed by atoms with E-state index in [1.54, 1.807) is 0 Å². The van der Waals surface area contributed by atoms with E-state index >= 15 is 0 Å². The Morgan fingerprint density at radius 2 is 2.05 bits per heavy atom. The van der Waals surface area contributed by atoms with E-state index in [9.17, 15) is 0 Å². The van der Waals surface area contributed by atoms with Crippen LogP contribution in [-0.2, 0) is 6.42 Å². The molecule has 0 radical (unpaired) electrons. The van der Waals surface area contributed by atoms with Crippen LogP contribution in [0, 0.1) is 0 Å². The Hall–Kier alpha value is -0.640. The molecule has 1 aliphatic heterocycles. The number of aliphatic imine (C=N–C) groups is 1. The van der Waals surface area contributed by atoms with Gasteiger partial charge in [-0.15, -0.1) is 24.0 Å². The molecular weight excluding hydrogens is 375 g/mol. The second-order valence-electron chi connectivity index (χ2n) is 4.12. The lowest BCUT2D eigenvalue weighted by molar-refractivity contribution is 0.375. The molecule has 1 aromatic rings. The van der Waals surface area contributed by atoms with E-state index < -0.39 is 0 Å². The second kappa shape index (κ2) is 7.83. The third-order valence-corrected chi connectivity index (χ3v) is 3.87. The van der Waals surface area contributed by atoms with Gasteiger partial charge in [0.1, 0.15) is 5.82 Å². The van der Waals surface area contributed by atoms with Crippen LogP contribution in [0.3, 0.4) is 0 Å². The van der Waals surface area contributed by atoms with Crippen LogP contribution in [0.2, 0.25) is 0 Å². The molecular formula is C11H21IN6S. The van der Waals surface area contributed by atoms with Crippen molar-refractivity contribution in [2.24, 2.45) is 4.99 Å². The van der Waals surface area contributed by atoms with Gasteiger partial charge in [-0.3, -0.25) is 4.99 Å². The molecule has 19 heavy (non-hydrogen) atoms. The number of anilines is 1. The SMILES string of the molecule is CCc1nsc(N2CCN(C(=NC)NC)CC2)n1.I. The van der Waals surface area contributed by atoms with Crippen molar-refractivity contribution in [2.45, 2.75) is 13.3 Å². The van der Waals surface area contributed by atoms with Gasteiger partial charge in [-0.2, -0.15) is 4.37 Å². The lowest BCUT2D eigenvalue weighted by Crippen LogP contribution is -2.51. The van der Waals surface area contributed by atoms with Crippen molar-refractivity contribution in [1.29, 1.82) is 0 Å². The number of rotatable bonds is 2. The molecule has 0 bridgehead atoms. The first-order valence-electron chi connectivity index (χ1n) is 6.25. The van der Waals surface area contributed by atoms with Gasteiger partial charge in [-0.05, 0) is 0 Å². The molecule has 0 aromatic carbocycles. The van der Waals surface area contributed by atoms with Gasteiger partial charge in [0.2, 0.25) is 5.13 Å². The van der Waals surface area contributed by atoms with E-state index in [1.165, 1.54) is 11.5 Å². The van der Waals surface area contributed by atoms with E-state index in [-0.39, 0.29) is 24.0 Å². The summed E-state index contributed by atoms with van der Waals surface area (Å²) < 4.78 is 4.34. The fourth-order valence-electron chi connectivity index (χ4n) is 2.04. The van der Waals surface area contributed by atoms with Crippen molar-refractivity contribution in [2.75, 3.05) is 45.2 Å². The average Bonchev–Trinajstić information content (AvgIpc) is 2.90. The molecule has 0 amide bonds. The summed E-state index contributed by atoms with van der Waals surface area (Å²) in [5.74, 6) is 1.91. The molecule has 0 spiro atoms. The van der Waals surface area contributed by atoms with E-state index in [2.05, 4.69) is 36.4 Å². The summed E-state index contributed by atoms with van der Waals surface area (Å²) in [6.45, 7) is 5.96. The number of halogens is 1. The topological polar surface area (TPSA) is 56.7 Å². The van der Waals surface area contributed by atoms with Gasteiger partial charge in [-0.25, -0.2) is 4.98 Å². The zero-order chi connectivity index (χ0) is 13.0. The Balaban J connectivity index is 0.00000180. The third kappa shape index (κ3) is 3.91. The maximum Gasteiger partial charge on any atom is 0.205 e. The van der Waals surface area contributed by atoms with Crippen molar-refractivity contribution in [1.82, 2.24) is 19.6 Å². The van der Waals surface area contributed by atoms with Gasteiger partial charge in [0.15, 0.2) is 5.96 Å². The van der Waals surface area contributed by atoms with Gasteiger partial charge < -0.3 is 15.1 Å². The molecule has 1 saturated heterocycles. The van der Waals surface area contributed by atoms with Crippen LogP contribution in [0.1, 0.15) is 12.7 Å². The monoisotopic (exact) mass is 396 g/mol. The van der Waals surface area contributed by atoms with Gasteiger partial charge in [0, 0.05) is 58.2 Å². The molecule has 0 unspecified atom stereocenters. The molecule has 2 heterocycles. The van der Waals surface area contributed by atoms with Crippen molar-refractivity contribution in [3.8, 4) is 0 Å². The zero-order valence-electron chi connectivity index (χ0n) is 11.6. The average molecular weight is 396 g/mol. The van der Waals surface area contributed by atoms with Crippen molar-refractivity contribution >= 4 is 46.6 Å². The highest BCUT2D eigenvalue weighted by atomic mass is 127. The number of nitrogens with zero attached hydrogens (tertiary/aromatic N) is 5. The van der Waals surface area contributed by atoms with Gasteiger partial charge in [-0.1, -0.05) is 6.92 Å². The number of piperazine rings is 1. The number of guanidine groups is 1. The van der Waals surface area contributed by atoms with Crippen molar-refractivity contribution < 1.29 is 0 Å². The van der Waals surface area contributed by atoms with Crippen LogP contribution < -0.4 is 10.2 Å². The molecule has 2 rings (SSSR count). The number of nitrogens with one attached hydrogen (secondary N) is 1. The van der Waals surface area contributed by atoms with Gasteiger partial charge >= 0.3 is 0 Å². The van der Waals surface area contributed by atoms with Crippen LogP contribution in [0.15, 0.2) is 4.99 Å². The molecule has 1 fully saturated rings. The molecule has 0 atom stereocenters. The summed E-state index contributed by atoms with van der Waals surface area (Å²) in [5, 5.41) is 4.17. The van der Waals surface area contributed by atoms with E-state index in [1.807, 2.05) is 14.1 Å². The van der Waals surface area contributed by atoms with Crippen LogP contribution in [-0.4, -0.2) is 60.5 Å². The Bertz CT molecular complexity index is 413. The molecule has 1 aliphatic rings. The maximum absolute atomic E-state index is 4.53. The lowest BCUT2D eigenvalue weighted by Gasteiger charge is -2.35. The number of hydrogen-bond acceptors (Lipinski definition) is 5. The standard InChI is InChI=1S/C11H20N6S.HI/c1-4-9-14-11(18-15-9)17-7-5-16(6-8-17)10(12-2)13-3;/h4-8H2,1-3H3,(H,12,13);1H. The summed E-state index contributed by atoms with van der Waals surface area (Å²) in [5.41, 5.74) is 0. The molecule has 0 saturated carbocycles. The predicted molar refractivity (Wildman–Crippen MR) is 90.9 cm³/mol. The first-order chi connectivity index (χ1) is 8.78. The lowest BCUT2D eigenvalue weighted by atomic mass is 10.3. The van der Waals surface area contributed by atoms with E-state index in [0.717, 1.165) is 49.5 Å². The highest BCUT2D eigenvalue weighted by molar-refractivity contribution is 14.0. The van der Waals surface area contributed by atoms with Crippen molar-refractivity contribution in [3.63, 3.8) is 0 Å². The number of hydrogen-bond donors (Lipinski definition) is 1. The normalized spacial score (nSPS) is 16.3. The minimum absolute atomic E-state index is 0. The largest absolute Gasteiger partial charge is 0.359 e. The zero-order valence-corrected chi connectivity index (χ0v) is 14.7. The highest BCUT2D eigenvalue weighted by Crippen LogP contribution is 2.19. The molecule has 108 valence electrons. The molecule has 6 nitrogen and oxygen atoms in total. The van der Waals surface area contributed by atoms with E-state index in [4.69, 9.17) is 0 Å². The Labute approximate surface area is 135 Å². The van der Waals surface area contributed by atoms with Crippen LogP contribution in [0.4, 0.5) is 5.13 Å². The first-order valence-corrected chi connectivity index (χ1v) is 7.02. The van der Waals surface area contributed by atoms with Gasteiger partial charge in [0.25, 0.3) is 0 Å². The Kier molecular flexibility index (Phi) is 6.76.